The molecule has 1 rings (SSSR count). The zero-order valence-corrected chi connectivity index (χ0v) is 10.8. The Hall–Kier alpha value is -1.10. The largest absolute Gasteiger partial charge is 0.481 e. The smallest absolute Gasteiger partial charge is 0.303 e. The summed E-state index contributed by atoms with van der Waals surface area (Å²) >= 11 is 0. The van der Waals surface area contributed by atoms with Gasteiger partial charge in [-0.15, -0.1) is 0 Å². The summed E-state index contributed by atoms with van der Waals surface area (Å²) < 4.78 is 0. The highest BCUT2D eigenvalue weighted by atomic mass is 16.4. The van der Waals surface area contributed by atoms with E-state index in [0.717, 1.165) is 12.8 Å². The van der Waals surface area contributed by atoms with Crippen LogP contribution in [0.4, 0.5) is 0 Å². The molecule has 104 valence electrons. The molecule has 0 saturated heterocycles. The first kappa shape index (κ1) is 15.0. The average molecular weight is 257 g/mol. The number of hydrogen-bond acceptors (Lipinski definition) is 3. The van der Waals surface area contributed by atoms with Crippen molar-refractivity contribution in [2.75, 3.05) is 13.2 Å². The van der Waals surface area contributed by atoms with Crippen LogP contribution in [-0.4, -0.2) is 46.2 Å². The van der Waals surface area contributed by atoms with E-state index < -0.39 is 5.97 Å². The second kappa shape index (κ2) is 8.08. The Kier molecular flexibility index (Phi) is 6.72. The van der Waals surface area contributed by atoms with Gasteiger partial charge in [0.25, 0.3) is 0 Å². The predicted molar refractivity (Wildman–Crippen MR) is 67.2 cm³/mol. The van der Waals surface area contributed by atoms with E-state index in [-0.39, 0.29) is 18.9 Å². The second-order valence-electron chi connectivity index (χ2n) is 4.85. The van der Waals surface area contributed by atoms with Crippen molar-refractivity contribution in [3.63, 3.8) is 0 Å². The number of nitrogens with zero attached hydrogens (tertiary/aromatic N) is 1. The number of carboxylic acid groups (broad SMARTS) is 1. The van der Waals surface area contributed by atoms with Gasteiger partial charge in [-0.25, -0.2) is 0 Å². The lowest BCUT2D eigenvalue weighted by Gasteiger charge is -2.37. The van der Waals surface area contributed by atoms with E-state index in [9.17, 15) is 9.59 Å². The lowest BCUT2D eigenvalue weighted by molar-refractivity contribution is -0.138. The summed E-state index contributed by atoms with van der Waals surface area (Å²) in [6, 6.07) is 0.350. The van der Waals surface area contributed by atoms with Crippen LogP contribution in [-0.2, 0) is 9.59 Å². The number of unbranched alkanes of at least 4 members (excludes halogenated alkanes) is 1. The number of aliphatic hydroxyl groups excluding tert-OH is 1. The molecule has 0 heterocycles. The minimum atomic E-state index is -0.807. The summed E-state index contributed by atoms with van der Waals surface area (Å²) in [6.07, 6.45) is 5.66. The molecule has 5 nitrogen and oxygen atoms in total. The maximum absolute atomic E-state index is 12.0. The highest BCUT2D eigenvalue weighted by Gasteiger charge is 2.27. The average Bonchev–Trinajstić information content (AvgIpc) is 2.26. The van der Waals surface area contributed by atoms with Gasteiger partial charge in [-0.3, -0.25) is 9.59 Å². The van der Waals surface area contributed by atoms with Gasteiger partial charge in [0, 0.05) is 32.0 Å². The maximum atomic E-state index is 12.0. The van der Waals surface area contributed by atoms with E-state index in [1.165, 1.54) is 6.42 Å². The van der Waals surface area contributed by atoms with Crippen molar-refractivity contribution >= 4 is 11.9 Å². The minimum Gasteiger partial charge on any atom is -0.481 e. The Balaban J connectivity index is 2.27. The Morgan fingerprint density at radius 1 is 1.11 bits per heavy atom. The van der Waals surface area contributed by atoms with Crippen LogP contribution in [0.25, 0.3) is 0 Å². The lowest BCUT2D eigenvalue weighted by atomic mass is 9.91. The number of aliphatic carboxylic acids is 1. The van der Waals surface area contributed by atoms with Gasteiger partial charge in [-0.1, -0.05) is 0 Å². The van der Waals surface area contributed by atoms with Crippen LogP contribution in [0, 0.1) is 0 Å². The highest BCUT2D eigenvalue weighted by molar-refractivity contribution is 5.76. The van der Waals surface area contributed by atoms with E-state index in [4.69, 9.17) is 10.2 Å². The van der Waals surface area contributed by atoms with Gasteiger partial charge >= 0.3 is 5.97 Å². The van der Waals surface area contributed by atoms with Crippen molar-refractivity contribution in [2.24, 2.45) is 0 Å². The molecule has 0 unspecified atom stereocenters. The molecular weight excluding hydrogens is 234 g/mol. The van der Waals surface area contributed by atoms with E-state index in [2.05, 4.69) is 0 Å². The lowest BCUT2D eigenvalue weighted by Crippen LogP contribution is -2.44. The van der Waals surface area contributed by atoms with E-state index in [0.29, 0.717) is 38.3 Å². The van der Waals surface area contributed by atoms with Gasteiger partial charge in [0.15, 0.2) is 0 Å². The molecule has 0 radical (unpaired) electrons. The molecule has 0 aromatic rings. The van der Waals surface area contributed by atoms with Gasteiger partial charge in [0.2, 0.25) is 5.91 Å². The standard InChI is InChI=1S/C13H23NO4/c15-10-4-9-14(11-5-3-6-11)12(16)7-1-2-8-13(17)18/h11,15H,1-10H2,(H,17,18). The number of aliphatic hydroxyl groups is 1. The first-order valence-electron chi connectivity index (χ1n) is 6.77. The SMILES string of the molecule is O=C(O)CCCCC(=O)N(CCCO)C1CCC1. The fourth-order valence-corrected chi connectivity index (χ4v) is 2.15. The molecule has 18 heavy (non-hydrogen) atoms. The van der Waals surface area contributed by atoms with Crippen LogP contribution in [0.1, 0.15) is 51.4 Å². The second-order valence-corrected chi connectivity index (χ2v) is 4.85. The third-order valence-electron chi connectivity index (χ3n) is 3.42. The van der Waals surface area contributed by atoms with Gasteiger partial charge in [-0.2, -0.15) is 0 Å². The Bertz CT molecular complexity index is 276. The summed E-state index contributed by atoms with van der Waals surface area (Å²) in [4.78, 5) is 24.3. The number of hydrogen-bond donors (Lipinski definition) is 2. The quantitative estimate of drug-likeness (QED) is 0.612. The van der Waals surface area contributed by atoms with Crippen LogP contribution in [0.15, 0.2) is 0 Å². The molecule has 1 aliphatic rings. The Morgan fingerprint density at radius 3 is 2.28 bits per heavy atom. The predicted octanol–water partition coefficient (Wildman–Crippen LogP) is 1.39. The number of carboxylic acids is 1. The Morgan fingerprint density at radius 2 is 1.78 bits per heavy atom. The normalized spacial score (nSPS) is 15.2. The summed E-state index contributed by atoms with van der Waals surface area (Å²) in [7, 11) is 0. The van der Waals surface area contributed by atoms with Crippen molar-refractivity contribution in [1.82, 2.24) is 4.90 Å². The summed E-state index contributed by atoms with van der Waals surface area (Å²) in [6.45, 7) is 0.731. The van der Waals surface area contributed by atoms with Crippen molar-refractivity contribution in [2.45, 2.75) is 57.4 Å². The van der Waals surface area contributed by atoms with Crippen molar-refractivity contribution < 1.29 is 19.8 Å². The van der Waals surface area contributed by atoms with E-state index in [1.807, 2.05) is 4.90 Å². The maximum Gasteiger partial charge on any atom is 0.303 e. The monoisotopic (exact) mass is 257 g/mol. The summed E-state index contributed by atoms with van der Waals surface area (Å²) in [5.41, 5.74) is 0. The zero-order valence-electron chi connectivity index (χ0n) is 10.8. The highest BCUT2D eigenvalue weighted by Crippen LogP contribution is 2.25. The van der Waals surface area contributed by atoms with Gasteiger partial charge in [0.1, 0.15) is 0 Å². The summed E-state index contributed by atoms with van der Waals surface area (Å²) in [5.74, 6) is -0.697. The van der Waals surface area contributed by atoms with Gasteiger partial charge < -0.3 is 15.1 Å². The summed E-state index contributed by atoms with van der Waals surface area (Å²) in [5, 5.41) is 17.4. The van der Waals surface area contributed by atoms with Crippen LogP contribution >= 0.6 is 0 Å². The first-order valence-corrected chi connectivity index (χ1v) is 6.77. The van der Waals surface area contributed by atoms with E-state index >= 15 is 0 Å². The molecule has 0 aromatic carbocycles. The van der Waals surface area contributed by atoms with E-state index in [1.54, 1.807) is 0 Å². The van der Waals surface area contributed by atoms with Crippen LogP contribution in [0.3, 0.4) is 0 Å². The topological polar surface area (TPSA) is 77.8 Å². The minimum absolute atomic E-state index is 0.107. The molecule has 0 aromatic heterocycles. The molecule has 0 spiro atoms. The molecule has 0 atom stereocenters. The number of carbonyl (C=O) groups is 2. The van der Waals surface area contributed by atoms with Crippen LogP contribution in [0.2, 0.25) is 0 Å². The third kappa shape index (κ3) is 5.04. The van der Waals surface area contributed by atoms with Crippen LogP contribution in [0.5, 0.6) is 0 Å². The number of carbonyl (C=O) groups excluding carboxylic acids is 1. The molecule has 1 aliphatic carbocycles. The molecule has 0 bridgehead atoms. The van der Waals surface area contributed by atoms with Gasteiger partial charge in [-0.05, 0) is 38.5 Å². The fraction of sp³-hybridized carbons (Fsp3) is 0.846. The zero-order chi connectivity index (χ0) is 13.4. The van der Waals surface area contributed by atoms with Crippen LogP contribution < -0.4 is 0 Å². The van der Waals surface area contributed by atoms with Crippen molar-refractivity contribution in [3.8, 4) is 0 Å². The third-order valence-corrected chi connectivity index (χ3v) is 3.42. The molecular formula is C13H23NO4. The fourth-order valence-electron chi connectivity index (χ4n) is 2.15. The number of amides is 1. The molecule has 1 amide bonds. The molecule has 1 saturated carbocycles. The molecule has 1 fully saturated rings. The first-order chi connectivity index (χ1) is 8.65. The number of rotatable bonds is 9. The van der Waals surface area contributed by atoms with Crippen molar-refractivity contribution in [3.05, 3.63) is 0 Å². The molecule has 0 aliphatic heterocycles. The Labute approximate surface area is 108 Å². The molecule has 2 N–H and O–H groups in total. The van der Waals surface area contributed by atoms with Crippen molar-refractivity contribution in [1.29, 1.82) is 0 Å². The molecule has 5 heteroatoms. The van der Waals surface area contributed by atoms with Gasteiger partial charge in [0.05, 0.1) is 0 Å².